The highest BCUT2D eigenvalue weighted by Crippen LogP contribution is 2.41. The van der Waals surface area contributed by atoms with Gasteiger partial charge in [0.1, 0.15) is 34.6 Å². The van der Waals surface area contributed by atoms with Crippen LogP contribution in [-0.2, 0) is 19.0 Å². The van der Waals surface area contributed by atoms with Crippen molar-refractivity contribution in [1.29, 1.82) is 0 Å². The van der Waals surface area contributed by atoms with Crippen molar-refractivity contribution in [3.05, 3.63) is 106 Å². The van der Waals surface area contributed by atoms with E-state index >= 15 is 8.78 Å². The molecule has 45 heavy (non-hydrogen) atoms. The zero-order chi connectivity index (χ0) is 32.8. The Bertz CT molecular complexity index is 1700. The third-order valence-corrected chi connectivity index (χ3v) is 7.35. The highest BCUT2D eigenvalue weighted by Gasteiger charge is 2.42. The van der Waals surface area contributed by atoms with E-state index in [1.807, 2.05) is 12.1 Å². The van der Waals surface area contributed by atoms with Crippen molar-refractivity contribution in [3.8, 4) is 33.8 Å². The second-order valence-electron chi connectivity index (χ2n) is 10.6. The molecule has 4 aromatic carbocycles. The second-order valence-corrected chi connectivity index (χ2v) is 10.6. The van der Waals surface area contributed by atoms with Crippen molar-refractivity contribution in [3.63, 3.8) is 0 Å². The molecule has 0 aliphatic heterocycles. The summed E-state index contributed by atoms with van der Waals surface area (Å²) in [6.07, 6.45) is -6.74. The van der Waals surface area contributed by atoms with E-state index < -0.39 is 75.6 Å². The highest BCUT2D eigenvalue weighted by atomic mass is 19.4. The quantitative estimate of drug-likeness (QED) is 0.178. The molecule has 238 valence electrons. The highest BCUT2D eigenvalue weighted by molar-refractivity contribution is 5.73. The molecular weight excluding hydrogens is 625 g/mol. The van der Waals surface area contributed by atoms with E-state index in [1.54, 1.807) is 6.07 Å². The van der Waals surface area contributed by atoms with Gasteiger partial charge in [0, 0.05) is 12.1 Å². The van der Waals surface area contributed by atoms with E-state index in [2.05, 4.69) is 16.4 Å². The molecule has 1 aliphatic rings. The van der Waals surface area contributed by atoms with Crippen molar-refractivity contribution in [2.24, 2.45) is 5.92 Å². The van der Waals surface area contributed by atoms with Gasteiger partial charge in [0.05, 0.1) is 5.56 Å². The van der Waals surface area contributed by atoms with Crippen LogP contribution in [0.4, 0.5) is 48.3 Å². The van der Waals surface area contributed by atoms with Crippen LogP contribution in [0, 0.1) is 40.8 Å². The van der Waals surface area contributed by atoms with Crippen molar-refractivity contribution in [2.45, 2.75) is 45.1 Å². The Labute approximate surface area is 249 Å². The largest absolute Gasteiger partial charge is 0.573 e. The minimum absolute atomic E-state index is 0.126. The molecule has 0 heterocycles. The van der Waals surface area contributed by atoms with Crippen LogP contribution in [0.5, 0.6) is 11.5 Å². The number of rotatable bonds is 8. The Morgan fingerprint density at radius 2 is 1.18 bits per heavy atom. The first kappa shape index (κ1) is 32.1. The summed E-state index contributed by atoms with van der Waals surface area (Å²) in [5.41, 5.74) is -0.961. The Morgan fingerprint density at radius 3 is 1.73 bits per heavy atom. The molecule has 1 aliphatic carbocycles. The SMILES string of the molecule is CCCC1Cc2ccc(-c3cc(F)c(-c4cc(F)c(C(F)(F)Oc5cc(F)c(OC(F)(F)F)c(F)c5)c(F)c4)c(F)c3)cc2C1. The summed E-state index contributed by atoms with van der Waals surface area (Å²) in [4.78, 5) is 0. The number of fused-ring (bicyclic) bond motifs is 1. The molecule has 13 heteroatoms. The molecule has 1 atom stereocenters. The smallest absolute Gasteiger partial charge is 0.429 e. The van der Waals surface area contributed by atoms with E-state index in [4.69, 9.17) is 0 Å². The van der Waals surface area contributed by atoms with Gasteiger partial charge in [-0.15, -0.1) is 13.2 Å². The minimum Gasteiger partial charge on any atom is -0.429 e. The average molecular weight is 646 g/mol. The lowest BCUT2D eigenvalue weighted by Crippen LogP contribution is -2.25. The molecule has 0 saturated carbocycles. The van der Waals surface area contributed by atoms with Crippen LogP contribution in [0.2, 0.25) is 0 Å². The minimum atomic E-state index is -5.53. The van der Waals surface area contributed by atoms with Gasteiger partial charge < -0.3 is 9.47 Å². The first-order chi connectivity index (χ1) is 21.1. The van der Waals surface area contributed by atoms with Gasteiger partial charge in [-0.05, 0) is 70.8 Å². The Balaban J connectivity index is 1.42. The number of hydrogen-bond donors (Lipinski definition) is 0. The molecule has 0 spiro atoms. The van der Waals surface area contributed by atoms with Gasteiger partial charge in [0.25, 0.3) is 0 Å². The molecular formula is C32H21F11O2. The fraction of sp³-hybridized carbons (Fsp3) is 0.250. The molecule has 1 unspecified atom stereocenters. The standard InChI is InChI=1S/C32H21F11O2/c1-2-3-15-6-16-4-5-17(8-18(16)7-15)19-9-22(33)28(23(34)10-19)20-11-24(35)29(25(36)12-20)31(39,40)44-21-13-26(37)30(27(38)14-21)45-32(41,42)43/h4-5,8-15H,2-3,6-7H2,1H3. The molecule has 0 bridgehead atoms. The zero-order valence-corrected chi connectivity index (χ0v) is 23.1. The average Bonchev–Trinajstić information content (AvgIpc) is 3.31. The van der Waals surface area contributed by atoms with E-state index in [-0.39, 0.29) is 29.8 Å². The maximum atomic E-state index is 15.2. The Kier molecular flexibility index (Phi) is 8.49. The van der Waals surface area contributed by atoms with Crippen molar-refractivity contribution in [2.75, 3.05) is 0 Å². The van der Waals surface area contributed by atoms with E-state index in [0.29, 0.717) is 11.5 Å². The van der Waals surface area contributed by atoms with E-state index in [0.717, 1.165) is 48.9 Å². The van der Waals surface area contributed by atoms with Crippen LogP contribution in [0.3, 0.4) is 0 Å². The van der Waals surface area contributed by atoms with Crippen LogP contribution < -0.4 is 9.47 Å². The normalized spacial score (nSPS) is 14.9. The summed E-state index contributed by atoms with van der Waals surface area (Å²) in [7, 11) is 0. The number of ether oxygens (including phenoxy) is 2. The summed E-state index contributed by atoms with van der Waals surface area (Å²) in [6.45, 7) is 2.08. The van der Waals surface area contributed by atoms with Crippen LogP contribution in [0.15, 0.2) is 54.6 Å². The van der Waals surface area contributed by atoms with Crippen LogP contribution in [0.25, 0.3) is 22.3 Å². The van der Waals surface area contributed by atoms with Crippen LogP contribution in [-0.4, -0.2) is 6.36 Å². The lowest BCUT2D eigenvalue weighted by Gasteiger charge is -2.21. The van der Waals surface area contributed by atoms with Crippen LogP contribution >= 0.6 is 0 Å². The van der Waals surface area contributed by atoms with Gasteiger partial charge in [-0.1, -0.05) is 38.0 Å². The van der Waals surface area contributed by atoms with Crippen molar-refractivity contribution >= 4 is 0 Å². The van der Waals surface area contributed by atoms with Gasteiger partial charge in [-0.25, -0.2) is 26.3 Å². The Hall–Kier alpha value is -4.29. The first-order valence-corrected chi connectivity index (χ1v) is 13.5. The lowest BCUT2D eigenvalue weighted by atomic mass is 9.96. The van der Waals surface area contributed by atoms with Gasteiger partial charge in [-0.2, -0.15) is 8.78 Å². The monoisotopic (exact) mass is 646 g/mol. The third kappa shape index (κ3) is 6.71. The maximum absolute atomic E-state index is 15.2. The van der Waals surface area contributed by atoms with Gasteiger partial charge >= 0.3 is 12.5 Å². The lowest BCUT2D eigenvalue weighted by molar-refractivity contribution is -0.276. The molecule has 5 rings (SSSR count). The van der Waals surface area contributed by atoms with E-state index in [1.165, 1.54) is 0 Å². The predicted molar refractivity (Wildman–Crippen MR) is 141 cm³/mol. The van der Waals surface area contributed by atoms with E-state index in [9.17, 15) is 39.5 Å². The summed E-state index contributed by atoms with van der Waals surface area (Å²) in [5, 5.41) is 0. The Morgan fingerprint density at radius 1 is 0.622 bits per heavy atom. The predicted octanol–water partition coefficient (Wildman–Crippen LogP) is 10.4. The number of benzene rings is 4. The number of alkyl halides is 5. The maximum Gasteiger partial charge on any atom is 0.573 e. The van der Waals surface area contributed by atoms with Crippen LogP contribution in [0.1, 0.15) is 36.5 Å². The first-order valence-electron chi connectivity index (χ1n) is 13.5. The summed E-state index contributed by atoms with van der Waals surface area (Å²) in [6, 6.07) is 7.45. The molecule has 2 nitrogen and oxygen atoms in total. The van der Waals surface area contributed by atoms with Gasteiger partial charge in [0.15, 0.2) is 11.6 Å². The topological polar surface area (TPSA) is 18.5 Å². The second kappa shape index (κ2) is 11.9. The molecule has 0 N–H and O–H groups in total. The van der Waals surface area contributed by atoms with Crippen molar-refractivity contribution < 1.29 is 57.8 Å². The third-order valence-electron chi connectivity index (χ3n) is 7.35. The number of halogens is 11. The molecule has 4 aromatic rings. The summed E-state index contributed by atoms with van der Waals surface area (Å²) >= 11 is 0. The number of hydrogen-bond acceptors (Lipinski definition) is 2. The molecule has 0 radical (unpaired) electrons. The van der Waals surface area contributed by atoms with Gasteiger partial charge in [-0.3, -0.25) is 0 Å². The molecule has 0 fully saturated rings. The fourth-order valence-corrected chi connectivity index (χ4v) is 5.52. The zero-order valence-electron chi connectivity index (χ0n) is 23.1. The molecule has 0 saturated heterocycles. The summed E-state index contributed by atoms with van der Waals surface area (Å²) in [5.74, 6) is -13.7. The summed E-state index contributed by atoms with van der Waals surface area (Å²) < 4.78 is 162. The fourth-order valence-electron chi connectivity index (χ4n) is 5.52. The van der Waals surface area contributed by atoms with Gasteiger partial charge in [0.2, 0.25) is 5.75 Å². The molecule has 0 aromatic heterocycles. The molecule has 0 amide bonds. The van der Waals surface area contributed by atoms with Crippen molar-refractivity contribution in [1.82, 2.24) is 0 Å².